The molecule has 3 nitrogen and oxygen atoms in total. The van der Waals surface area contributed by atoms with Crippen molar-refractivity contribution in [2.24, 2.45) is 5.73 Å². The summed E-state index contributed by atoms with van der Waals surface area (Å²) >= 11 is 5.71. The van der Waals surface area contributed by atoms with E-state index in [0.717, 1.165) is 6.42 Å². The van der Waals surface area contributed by atoms with E-state index in [4.69, 9.17) is 17.3 Å². The van der Waals surface area contributed by atoms with Gasteiger partial charge in [-0.25, -0.2) is 12.8 Å². The Balaban J connectivity index is 2.16. The Bertz CT molecular complexity index is 562. The smallest absolute Gasteiger partial charge is 0.154 e. The van der Waals surface area contributed by atoms with Crippen molar-refractivity contribution >= 4 is 21.4 Å². The molecule has 0 aliphatic carbocycles. The predicted molar refractivity (Wildman–Crippen MR) is 74.5 cm³/mol. The van der Waals surface area contributed by atoms with Gasteiger partial charge in [-0.05, 0) is 30.9 Å². The van der Waals surface area contributed by atoms with Crippen molar-refractivity contribution < 1.29 is 12.8 Å². The summed E-state index contributed by atoms with van der Waals surface area (Å²) in [5.41, 5.74) is 6.36. The quantitative estimate of drug-likeness (QED) is 0.932. The number of rotatable bonds is 3. The maximum absolute atomic E-state index is 13.8. The van der Waals surface area contributed by atoms with Gasteiger partial charge in [0, 0.05) is 6.04 Å². The lowest BCUT2D eigenvalue weighted by molar-refractivity contribution is 0.489. The molecular formula is C13H17ClFNO2S. The van der Waals surface area contributed by atoms with E-state index in [9.17, 15) is 12.8 Å². The summed E-state index contributed by atoms with van der Waals surface area (Å²) in [4.78, 5) is 0. The summed E-state index contributed by atoms with van der Waals surface area (Å²) in [6.45, 7) is 0. The van der Waals surface area contributed by atoms with Crippen LogP contribution in [0.25, 0.3) is 0 Å². The highest BCUT2D eigenvalue weighted by Gasteiger charge is 2.34. The standard InChI is InChI=1S/C13H17ClFNO2S/c14-10-5-3-4-9(13(10)15)8-11(16)12-6-1-2-7-19(12,17)18/h3-5,11-12H,1-2,6-8,16H2. The van der Waals surface area contributed by atoms with E-state index in [2.05, 4.69) is 0 Å². The van der Waals surface area contributed by atoms with Gasteiger partial charge >= 0.3 is 0 Å². The normalized spacial score (nSPS) is 24.1. The third-order valence-corrected chi connectivity index (χ3v) is 6.25. The second kappa shape index (κ2) is 5.77. The highest BCUT2D eigenvalue weighted by molar-refractivity contribution is 7.92. The first kappa shape index (κ1) is 14.8. The van der Waals surface area contributed by atoms with E-state index in [-0.39, 0.29) is 17.2 Å². The summed E-state index contributed by atoms with van der Waals surface area (Å²) < 4.78 is 37.7. The van der Waals surface area contributed by atoms with Crippen molar-refractivity contribution in [3.63, 3.8) is 0 Å². The van der Waals surface area contributed by atoms with Crippen molar-refractivity contribution in [2.45, 2.75) is 37.0 Å². The fourth-order valence-electron chi connectivity index (χ4n) is 2.55. The van der Waals surface area contributed by atoms with Crippen molar-refractivity contribution in [1.82, 2.24) is 0 Å². The molecule has 0 saturated carbocycles. The molecule has 2 unspecified atom stereocenters. The van der Waals surface area contributed by atoms with Gasteiger partial charge in [-0.3, -0.25) is 0 Å². The lowest BCUT2D eigenvalue weighted by atomic mass is 10.00. The van der Waals surface area contributed by atoms with E-state index in [1.165, 1.54) is 6.07 Å². The van der Waals surface area contributed by atoms with Crippen molar-refractivity contribution in [1.29, 1.82) is 0 Å². The van der Waals surface area contributed by atoms with E-state index >= 15 is 0 Å². The van der Waals surface area contributed by atoms with Gasteiger partial charge < -0.3 is 5.73 Å². The Labute approximate surface area is 117 Å². The van der Waals surface area contributed by atoms with Crippen LogP contribution >= 0.6 is 11.6 Å². The van der Waals surface area contributed by atoms with Crippen LogP contribution in [0, 0.1) is 5.82 Å². The second-order valence-corrected chi connectivity index (χ2v) is 7.73. The van der Waals surface area contributed by atoms with Gasteiger partial charge in [0.15, 0.2) is 9.84 Å². The number of sulfone groups is 1. The van der Waals surface area contributed by atoms with Gasteiger partial charge in [0.2, 0.25) is 0 Å². The van der Waals surface area contributed by atoms with Gasteiger partial charge in [-0.15, -0.1) is 0 Å². The highest BCUT2D eigenvalue weighted by atomic mass is 35.5. The van der Waals surface area contributed by atoms with Crippen LogP contribution in [0.15, 0.2) is 18.2 Å². The number of halogens is 2. The predicted octanol–water partition coefficient (Wildman–Crippen LogP) is 2.32. The van der Waals surface area contributed by atoms with Crippen molar-refractivity contribution in [3.8, 4) is 0 Å². The minimum Gasteiger partial charge on any atom is -0.326 e. The molecule has 2 N–H and O–H groups in total. The van der Waals surface area contributed by atoms with Crippen LogP contribution in [-0.2, 0) is 16.3 Å². The number of nitrogens with two attached hydrogens (primary N) is 1. The van der Waals surface area contributed by atoms with E-state index in [0.29, 0.717) is 18.4 Å². The molecule has 1 aliphatic rings. The van der Waals surface area contributed by atoms with Crippen molar-refractivity contribution in [2.75, 3.05) is 5.75 Å². The zero-order valence-corrected chi connectivity index (χ0v) is 12.1. The molecule has 1 aromatic rings. The Morgan fingerprint density at radius 1 is 1.42 bits per heavy atom. The molecule has 1 aliphatic heterocycles. The zero-order valence-electron chi connectivity index (χ0n) is 10.5. The van der Waals surface area contributed by atoms with Gasteiger partial charge in [-0.2, -0.15) is 0 Å². The van der Waals surface area contributed by atoms with Crippen LogP contribution < -0.4 is 5.73 Å². The topological polar surface area (TPSA) is 60.2 Å². The minimum atomic E-state index is -3.15. The molecule has 2 rings (SSSR count). The van der Waals surface area contributed by atoms with E-state index in [1.54, 1.807) is 12.1 Å². The van der Waals surface area contributed by atoms with Gasteiger partial charge in [0.25, 0.3) is 0 Å². The molecule has 0 aromatic heterocycles. The van der Waals surface area contributed by atoms with Crippen LogP contribution in [-0.4, -0.2) is 25.5 Å². The summed E-state index contributed by atoms with van der Waals surface area (Å²) in [6, 6.07) is 4.11. The fraction of sp³-hybridized carbons (Fsp3) is 0.538. The van der Waals surface area contributed by atoms with Gasteiger partial charge in [0.05, 0.1) is 16.0 Å². The summed E-state index contributed by atoms with van der Waals surface area (Å²) in [7, 11) is -3.15. The molecule has 0 radical (unpaired) electrons. The van der Waals surface area contributed by atoms with Crippen molar-refractivity contribution in [3.05, 3.63) is 34.6 Å². The molecule has 1 fully saturated rings. The third kappa shape index (κ3) is 3.27. The number of benzene rings is 1. The van der Waals surface area contributed by atoms with Crippen LogP contribution in [0.3, 0.4) is 0 Å². The molecule has 106 valence electrons. The first-order valence-corrected chi connectivity index (χ1v) is 8.41. The SMILES string of the molecule is NC(Cc1cccc(Cl)c1F)C1CCCCS1(=O)=O. The Morgan fingerprint density at radius 2 is 2.16 bits per heavy atom. The molecule has 1 aromatic carbocycles. The average Bonchev–Trinajstić information content (AvgIpc) is 2.34. The van der Waals surface area contributed by atoms with Crippen LogP contribution in [0.2, 0.25) is 5.02 Å². The third-order valence-electron chi connectivity index (χ3n) is 3.59. The van der Waals surface area contributed by atoms with E-state index in [1.807, 2.05) is 0 Å². The maximum Gasteiger partial charge on any atom is 0.154 e. The molecule has 0 amide bonds. The lowest BCUT2D eigenvalue weighted by Gasteiger charge is -2.27. The molecule has 6 heteroatoms. The van der Waals surface area contributed by atoms with Crippen LogP contribution in [0.5, 0.6) is 0 Å². The monoisotopic (exact) mass is 305 g/mol. The summed E-state index contributed by atoms with van der Waals surface area (Å²) in [5, 5.41) is -0.532. The Morgan fingerprint density at radius 3 is 2.84 bits per heavy atom. The summed E-state index contributed by atoms with van der Waals surface area (Å²) in [6.07, 6.45) is 2.30. The molecule has 0 spiro atoms. The molecule has 0 bridgehead atoms. The van der Waals surface area contributed by atoms with Gasteiger partial charge in [-0.1, -0.05) is 30.2 Å². The highest BCUT2D eigenvalue weighted by Crippen LogP contribution is 2.25. The van der Waals surface area contributed by atoms with Gasteiger partial charge in [0.1, 0.15) is 5.82 Å². The first-order valence-electron chi connectivity index (χ1n) is 6.32. The Kier molecular flexibility index (Phi) is 4.48. The lowest BCUT2D eigenvalue weighted by Crippen LogP contribution is -2.45. The second-order valence-electron chi connectivity index (χ2n) is 4.98. The molecule has 2 atom stereocenters. The summed E-state index contributed by atoms with van der Waals surface area (Å²) in [5.74, 6) is -0.323. The number of hydrogen-bond acceptors (Lipinski definition) is 3. The van der Waals surface area contributed by atoms with Crippen LogP contribution in [0.1, 0.15) is 24.8 Å². The first-order chi connectivity index (χ1) is 8.92. The number of hydrogen-bond donors (Lipinski definition) is 1. The largest absolute Gasteiger partial charge is 0.326 e. The fourth-order valence-corrected chi connectivity index (χ4v) is 4.81. The molecule has 1 heterocycles. The Hall–Kier alpha value is -0.650. The minimum absolute atomic E-state index is 0.0381. The zero-order chi connectivity index (χ0) is 14.0. The van der Waals surface area contributed by atoms with E-state index < -0.39 is 26.9 Å². The van der Waals surface area contributed by atoms with Crippen LogP contribution in [0.4, 0.5) is 4.39 Å². The molecular weight excluding hydrogens is 289 g/mol. The molecule has 1 saturated heterocycles. The maximum atomic E-state index is 13.8. The average molecular weight is 306 g/mol. The molecule has 19 heavy (non-hydrogen) atoms.